The number of unbranched alkanes of at least 4 members (excludes halogenated alkanes) is 1. The minimum absolute atomic E-state index is 0.254. The molecule has 0 saturated carbocycles. The molecule has 0 aliphatic heterocycles. The highest BCUT2D eigenvalue weighted by Gasteiger charge is 2.22. The van der Waals surface area contributed by atoms with E-state index in [0.717, 1.165) is 32.6 Å². The summed E-state index contributed by atoms with van der Waals surface area (Å²) in [4.78, 5) is 0. The monoisotopic (exact) mass is 289 g/mol. The molecule has 0 rings (SSSR count). The Kier molecular flexibility index (Phi) is 12.5. The van der Waals surface area contributed by atoms with E-state index >= 15 is 0 Å². The van der Waals surface area contributed by atoms with Crippen molar-refractivity contribution < 1.29 is 14.2 Å². The summed E-state index contributed by atoms with van der Waals surface area (Å²) in [5, 5.41) is 0. The van der Waals surface area contributed by atoms with Gasteiger partial charge in [-0.15, -0.1) is 0 Å². The Labute approximate surface area is 125 Å². The van der Waals surface area contributed by atoms with Gasteiger partial charge in [0.25, 0.3) is 0 Å². The van der Waals surface area contributed by atoms with Crippen LogP contribution in [0.25, 0.3) is 0 Å². The number of hydrogen-bond acceptors (Lipinski definition) is 4. The van der Waals surface area contributed by atoms with E-state index in [9.17, 15) is 0 Å². The molecule has 122 valence electrons. The molecule has 0 aliphatic carbocycles. The van der Waals surface area contributed by atoms with Crippen LogP contribution in [0.2, 0.25) is 0 Å². The molecule has 1 atom stereocenters. The molecule has 4 heteroatoms. The number of nitrogens with two attached hydrogens (primary N) is 1. The van der Waals surface area contributed by atoms with E-state index in [4.69, 9.17) is 19.9 Å². The minimum atomic E-state index is 0.254. The quantitative estimate of drug-likeness (QED) is 0.530. The summed E-state index contributed by atoms with van der Waals surface area (Å²) in [5.74, 6) is 0.510. The standard InChI is InChI=1S/C16H35NO3/c1-5-6-8-18-10-12-20-13-11-19-9-7-15(14-17)16(2,3)4/h15H,5-14,17H2,1-4H3. The molecule has 0 aromatic rings. The zero-order valence-electron chi connectivity index (χ0n) is 14.0. The summed E-state index contributed by atoms with van der Waals surface area (Å²) < 4.78 is 16.4. The zero-order valence-corrected chi connectivity index (χ0v) is 14.0. The first-order valence-electron chi connectivity index (χ1n) is 7.95. The third-order valence-corrected chi connectivity index (χ3v) is 3.51. The minimum Gasteiger partial charge on any atom is -0.379 e. The van der Waals surface area contributed by atoms with Gasteiger partial charge in [-0.1, -0.05) is 34.1 Å². The Hall–Kier alpha value is -0.160. The second kappa shape index (κ2) is 12.6. The van der Waals surface area contributed by atoms with Crippen LogP contribution in [-0.4, -0.2) is 46.2 Å². The van der Waals surface area contributed by atoms with Gasteiger partial charge in [0.15, 0.2) is 0 Å². The highest BCUT2D eigenvalue weighted by Crippen LogP contribution is 2.27. The molecule has 0 radical (unpaired) electrons. The van der Waals surface area contributed by atoms with Gasteiger partial charge in [-0.05, 0) is 30.7 Å². The first kappa shape index (κ1) is 19.8. The number of hydrogen-bond donors (Lipinski definition) is 1. The summed E-state index contributed by atoms with van der Waals surface area (Å²) in [7, 11) is 0. The van der Waals surface area contributed by atoms with E-state index in [1.807, 2.05) is 0 Å². The van der Waals surface area contributed by atoms with Crippen molar-refractivity contribution in [1.82, 2.24) is 0 Å². The molecule has 0 spiro atoms. The fourth-order valence-electron chi connectivity index (χ4n) is 1.92. The highest BCUT2D eigenvalue weighted by atomic mass is 16.5. The normalized spacial score (nSPS) is 13.7. The topological polar surface area (TPSA) is 53.7 Å². The van der Waals surface area contributed by atoms with E-state index in [1.165, 1.54) is 6.42 Å². The van der Waals surface area contributed by atoms with Gasteiger partial charge >= 0.3 is 0 Å². The molecule has 0 saturated heterocycles. The van der Waals surface area contributed by atoms with Gasteiger partial charge in [-0.25, -0.2) is 0 Å². The lowest BCUT2D eigenvalue weighted by atomic mass is 9.79. The molecular formula is C16H35NO3. The molecule has 0 bridgehead atoms. The SMILES string of the molecule is CCCCOCCOCCOCCC(CN)C(C)(C)C. The van der Waals surface area contributed by atoms with Gasteiger partial charge in [-0.2, -0.15) is 0 Å². The second-order valence-corrected chi connectivity index (χ2v) is 6.28. The molecule has 0 amide bonds. The predicted octanol–water partition coefficient (Wildman–Crippen LogP) is 2.85. The Morgan fingerprint density at radius 3 is 1.80 bits per heavy atom. The van der Waals surface area contributed by atoms with Gasteiger partial charge in [0, 0.05) is 13.2 Å². The van der Waals surface area contributed by atoms with Crippen LogP contribution in [0.3, 0.4) is 0 Å². The maximum atomic E-state index is 5.80. The van der Waals surface area contributed by atoms with Crippen LogP contribution < -0.4 is 5.73 Å². The van der Waals surface area contributed by atoms with Crippen molar-refractivity contribution in [3.8, 4) is 0 Å². The molecule has 2 N–H and O–H groups in total. The summed E-state index contributed by atoms with van der Waals surface area (Å²) in [6.07, 6.45) is 3.31. The van der Waals surface area contributed by atoms with Gasteiger partial charge in [0.1, 0.15) is 0 Å². The highest BCUT2D eigenvalue weighted by molar-refractivity contribution is 4.74. The Morgan fingerprint density at radius 1 is 0.850 bits per heavy atom. The van der Waals surface area contributed by atoms with E-state index in [-0.39, 0.29) is 5.41 Å². The molecule has 0 aromatic heterocycles. The van der Waals surface area contributed by atoms with Crippen molar-refractivity contribution >= 4 is 0 Å². The van der Waals surface area contributed by atoms with Crippen LogP contribution in [0.4, 0.5) is 0 Å². The average Bonchev–Trinajstić information content (AvgIpc) is 2.38. The predicted molar refractivity (Wildman–Crippen MR) is 84.0 cm³/mol. The maximum Gasteiger partial charge on any atom is 0.0701 e. The van der Waals surface area contributed by atoms with Crippen LogP contribution in [0.1, 0.15) is 47.0 Å². The molecule has 0 fully saturated rings. The molecule has 4 nitrogen and oxygen atoms in total. The third-order valence-electron chi connectivity index (χ3n) is 3.51. The first-order chi connectivity index (χ1) is 9.52. The van der Waals surface area contributed by atoms with Gasteiger partial charge in [0.05, 0.1) is 26.4 Å². The lowest BCUT2D eigenvalue weighted by Gasteiger charge is -2.29. The van der Waals surface area contributed by atoms with Crippen molar-refractivity contribution in [3.05, 3.63) is 0 Å². The van der Waals surface area contributed by atoms with Gasteiger partial charge < -0.3 is 19.9 Å². The van der Waals surface area contributed by atoms with Crippen molar-refractivity contribution in [1.29, 1.82) is 0 Å². The summed E-state index contributed by atoms with van der Waals surface area (Å²) >= 11 is 0. The lowest BCUT2D eigenvalue weighted by Crippen LogP contribution is -2.29. The smallest absolute Gasteiger partial charge is 0.0701 e. The number of ether oxygens (including phenoxy) is 3. The van der Waals surface area contributed by atoms with Crippen LogP contribution in [0, 0.1) is 11.3 Å². The Morgan fingerprint density at radius 2 is 1.35 bits per heavy atom. The zero-order chi connectivity index (χ0) is 15.3. The second-order valence-electron chi connectivity index (χ2n) is 6.28. The van der Waals surface area contributed by atoms with Crippen molar-refractivity contribution in [2.75, 3.05) is 46.2 Å². The van der Waals surface area contributed by atoms with Crippen LogP contribution >= 0.6 is 0 Å². The molecule has 1 unspecified atom stereocenters. The summed E-state index contributed by atoms with van der Waals surface area (Å²) in [5.41, 5.74) is 6.05. The van der Waals surface area contributed by atoms with Crippen molar-refractivity contribution in [3.63, 3.8) is 0 Å². The van der Waals surface area contributed by atoms with Crippen molar-refractivity contribution in [2.24, 2.45) is 17.1 Å². The van der Waals surface area contributed by atoms with Crippen LogP contribution in [0.5, 0.6) is 0 Å². The molecule has 0 aliphatic rings. The fraction of sp³-hybridized carbons (Fsp3) is 1.00. The third kappa shape index (κ3) is 11.6. The Bertz CT molecular complexity index is 204. The molecule has 0 aromatic carbocycles. The first-order valence-corrected chi connectivity index (χ1v) is 7.95. The van der Waals surface area contributed by atoms with Crippen LogP contribution in [0.15, 0.2) is 0 Å². The van der Waals surface area contributed by atoms with Crippen LogP contribution in [-0.2, 0) is 14.2 Å². The van der Waals surface area contributed by atoms with E-state index < -0.39 is 0 Å². The molecule has 20 heavy (non-hydrogen) atoms. The molecule has 0 heterocycles. The van der Waals surface area contributed by atoms with E-state index in [1.54, 1.807) is 0 Å². The van der Waals surface area contributed by atoms with Crippen molar-refractivity contribution in [2.45, 2.75) is 47.0 Å². The largest absolute Gasteiger partial charge is 0.379 e. The van der Waals surface area contributed by atoms with Gasteiger partial charge in [0.2, 0.25) is 0 Å². The van der Waals surface area contributed by atoms with E-state index in [2.05, 4.69) is 27.7 Å². The Balaban J connectivity index is 3.28. The summed E-state index contributed by atoms with van der Waals surface area (Å²) in [6, 6.07) is 0. The molecular weight excluding hydrogens is 254 g/mol. The summed E-state index contributed by atoms with van der Waals surface area (Å²) in [6.45, 7) is 13.8. The van der Waals surface area contributed by atoms with E-state index in [0.29, 0.717) is 32.3 Å². The maximum absolute atomic E-state index is 5.80. The van der Waals surface area contributed by atoms with Gasteiger partial charge in [-0.3, -0.25) is 0 Å². The lowest BCUT2D eigenvalue weighted by molar-refractivity contribution is 0.00946. The fourth-order valence-corrected chi connectivity index (χ4v) is 1.92. The average molecular weight is 289 g/mol. The number of rotatable bonds is 13.